The highest BCUT2D eigenvalue weighted by Gasteiger charge is 2.40. The number of hydrogen-bond acceptors (Lipinski definition) is 4. The molecule has 0 bridgehead atoms. The molecule has 2 fully saturated rings. The van der Waals surface area contributed by atoms with Crippen LogP contribution in [0.5, 0.6) is 0 Å². The van der Waals surface area contributed by atoms with Gasteiger partial charge < -0.3 is 0 Å². The van der Waals surface area contributed by atoms with E-state index in [1.807, 2.05) is 0 Å². The van der Waals surface area contributed by atoms with Crippen LogP contribution in [0.3, 0.4) is 0 Å². The van der Waals surface area contributed by atoms with Crippen LogP contribution in [0.1, 0.15) is 102 Å². The van der Waals surface area contributed by atoms with Gasteiger partial charge in [0.2, 0.25) is 0 Å². The van der Waals surface area contributed by atoms with E-state index in [1.54, 1.807) is 0 Å². The third-order valence-corrected chi connectivity index (χ3v) is 8.50. The molecular weight excluding hydrogens is 392 g/mol. The SMILES string of the molecule is CC[C@@H]1CN(C(C)C)CCCN1C(C)CC(C)(C)N1CCCN(C(C)C)[C@H](C(C)(C)C)C1. The predicted octanol–water partition coefficient (Wildman–Crippen LogP) is 5.57. The van der Waals surface area contributed by atoms with Crippen molar-refractivity contribution in [2.45, 2.75) is 138 Å². The minimum absolute atomic E-state index is 0.220. The lowest BCUT2D eigenvalue weighted by Gasteiger charge is -2.47. The first-order chi connectivity index (χ1) is 14.8. The highest BCUT2D eigenvalue weighted by atomic mass is 15.3. The number of nitrogens with zero attached hydrogens (tertiary/aromatic N) is 4. The Morgan fingerprint density at radius 1 is 0.750 bits per heavy atom. The molecular formula is C28H58N4. The molecule has 0 aliphatic carbocycles. The Morgan fingerprint density at radius 3 is 1.88 bits per heavy atom. The van der Waals surface area contributed by atoms with Crippen molar-refractivity contribution in [3.8, 4) is 0 Å². The van der Waals surface area contributed by atoms with E-state index in [9.17, 15) is 0 Å². The maximum absolute atomic E-state index is 2.86. The fraction of sp³-hybridized carbons (Fsp3) is 1.00. The highest BCUT2D eigenvalue weighted by molar-refractivity contribution is 4.96. The smallest absolute Gasteiger partial charge is 0.0274 e. The van der Waals surface area contributed by atoms with Gasteiger partial charge in [0, 0.05) is 48.8 Å². The lowest BCUT2D eigenvalue weighted by Crippen LogP contribution is -2.56. The molecule has 0 radical (unpaired) electrons. The molecule has 2 rings (SSSR count). The van der Waals surface area contributed by atoms with Crippen molar-refractivity contribution in [1.82, 2.24) is 19.6 Å². The molecule has 0 amide bonds. The molecule has 3 atom stereocenters. The first-order valence-corrected chi connectivity index (χ1v) is 13.8. The fourth-order valence-electron chi connectivity index (χ4n) is 6.43. The third-order valence-electron chi connectivity index (χ3n) is 8.50. The Labute approximate surface area is 202 Å². The quantitative estimate of drug-likeness (QED) is 0.503. The van der Waals surface area contributed by atoms with Crippen LogP contribution in [0.15, 0.2) is 0 Å². The Kier molecular flexibility index (Phi) is 10.1. The third kappa shape index (κ3) is 7.17. The van der Waals surface area contributed by atoms with E-state index in [0.717, 1.165) is 0 Å². The lowest BCUT2D eigenvalue weighted by molar-refractivity contribution is 0.0191. The molecule has 32 heavy (non-hydrogen) atoms. The van der Waals surface area contributed by atoms with E-state index in [-0.39, 0.29) is 5.54 Å². The largest absolute Gasteiger partial charge is 0.299 e. The molecule has 1 unspecified atom stereocenters. The van der Waals surface area contributed by atoms with Crippen molar-refractivity contribution in [3.63, 3.8) is 0 Å². The van der Waals surface area contributed by atoms with Crippen molar-refractivity contribution < 1.29 is 0 Å². The van der Waals surface area contributed by atoms with E-state index in [0.29, 0.717) is 35.6 Å². The zero-order chi connectivity index (χ0) is 24.3. The normalized spacial score (nSPS) is 27.7. The van der Waals surface area contributed by atoms with Gasteiger partial charge in [-0.15, -0.1) is 0 Å². The molecule has 0 spiro atoms. The summed E-state index contributed by atoms with van der Waals surface area (Å²) >= 11 is 0. The fourth-order valence-corrected chi connectivity index (χ4v) is 6.43. The minimum Gasteiger partial charge on any atom is -0.299 e. The summed E-state index contributed by atoms with van der Waals surface area (Å²) in [6, 6.07) is 3.20. The van der Waals surface area contributed by atoms with Crippen molar-refractivity contribution in [2.75, 3.05) is 39.3 Å². The zero-order valence-electron chi connectivity index (χ0n) is 23.7. The molecule has 2 aliphatic rings. The van der Waals surface area contributed by atoms with Gasteiger partial charge in [-0.1, -0.05) is 27.7 Å². The van der Waals surface area contributed by atoms with Gasteiger partial charge in [-0.25, -0.2) is 0 Å². The van der Waals surface area contributed by atoms with Gasteiger partial charge in [0.15, 0.2) is 0 Å². The molecule has 2 saturated heterocycles. The average molecular weight is 451 g/mol. The summed E-state index contributed by atoms with van der Waals surface area (Å²) in [6.45, 7) is 34.2. The summed E-state index contributed by atoms with van der Waals surface area (Å²) in [5.41, 5.74) is 0.519. The van der Waals surface area contributed by atoms with Crippen molar-refractivity contribution in [3.05, 3.63) is 0 Å². The Bertz CT molecular complexity index is 550. The summed E-state index contributed by atoms with van der Waals surface area (Å²) in [5.74, 6) is 0. The first-order valence-electron chi connectivity index (χ1n) is 13.8. The summed E-state index contributed by atoms with van der Waals surface area (Å²) in [4.78, 5) is 11.2. The molecule has 2 aliphatic heterocycles. The van der Waals surface area contributed by atoms with Crippen molar-refractivity contribution in [2.24, 2.45) is 5.41 Å². The lowest BCUT2D eigenvalue weighted by atomic mass is 9.83. The number of hydrogen-bond donors (Lipinski definition) is 0. The van der Waals surface area contributed by atoms with Gasteiger partial charge in [-0.3, -0.25) is 19.6 Å². The van der Waals surface area contributed by atoms with Crippen LogP contribution in [0, 0.1) is 5.41 Å². The van der Waals surface area contributed by atoms with Crippen LogP contribution in [-0.4, -0.2) is 94.6 Å². The van der Waals surface area contributed by atoms with Gasteiger partial charge in [-0.2, -0.15) is 0 Å². The maximum Gasteiger partial charge on any atom is 0.0274 e. The minimum atomic E-state index is 0.220. The number of rotatable bonds is 7. The Balaban J connectivity index is 2.14. The molecule has 0 aromatic carbocycles. The van der Waals surface area contributed by atoms with E-state index < -0.39 is 0 Å². The second kappa shape index (κ2) is 11.5. The van der Waals surface area contributed by atoms with Crippen LogP contribution in [0.2, 0.25) is 0 Å². The van der Waals surface area contributed by atoms with Crippen molar-refractivity contribution in [1.29, 1.82) is 0 Å². The van der Waals surface area contributed by atoms with Crippen LogP contribution >= 0.6 is 0 Å². The van der Waals surface area contributed by atoms with Gasteiger partial charge in [-0.05, 0) is 106 Å². The second-order valence-corrected chi connectivity index (χ2v) is 13.1. The summed E-state index contributed by atoms with van der Waals surface area (Å²) in [7, 11) is 0. The molecule has 2 heterocycles. The van der Waals surface area contributed by atoms with Crippen molar-refractivity contribution >= 4 is 0 Å². The average Bonchev–Trinajstić information content (AvgIpc) is 3.04. The topological polar surface area (TPSA) is 13.0 Å². The summed E-state index contributed by atoms with van der Waals surface area (Å²) < 4.78 is 0. The predicted molar refractivity (Wildman–Crippen MR) is 142 cm³/mol. The van der Waals surface area contributed by atoms with Crippen LogP contribution < -0.4 is 0 Å². The molecule has 0 aromatic heterocycles. The maximum atomic E-state index is 2.86. The molecule has 190 valence electrons. The van der Waals surface area contributed by atoms with Gasteiger partial charge in [0.1, 0.15) is 0 Å². The van der Waals surface area contributed by atoms with Gasteiger partial charge in [0.25, 0.3) is 0 Å². The van der Waals surface area contributed by atoms with Gasteiger partial charge in [0.05, 0.1) is 0 Å². The highest BCUT2D eigenvalue weighted by Crippen LogP contribution is 2.33. The standard InChI is InChI=1S/C28H58N4/c1-12-25-20-29(22(2)3)15-13-18-32(25)24(6)19-28(10,11)30-16-14-17-31(23(4)5)26(21-30)27(7,8)9/h22-26H,12-21H2,1-11H3/t24?,25-,26+/m1/s1. The zero-order valence-corrected chi connectivity index (χ0v) is 23.7. The molecule has 4 nitrogen and oxygen atoms in total. The first kappa shape index (κ1) is 28.1. The monoisotopic (exact) mass is 450 g/mol. The van der Waals surface area contributed by atoms with Gasteiger partial charge >= 0.3 is 0 Å². The van der Waals surface area contributed by atoms with Crippen LogP contribution in [-0.2, 0) is 0 Å². The van der Waals surface area contributed by atoms with Crippen LogP contribution in [0.4, 0.5) is 0 Å². The molecule has 4 heteroatoms. The molecule has 0 aromatic rings. The second-order valence-electron chi connectivity index (χ2n) is 13.1. The Morgan fingerprint density at radius 2 is 1.34 bits per heavy atom. The summed E-state index contributed by atoms with van der Waals surface area (Å²) in [5, 5.41) is 0. The van der Waals surface area contributed by atoms with E-state index in [2.05, 4.69) is 95.8 Å². The van der Waals surface area contributed by atoms with E-state index >= 15 is 0 Å². The van der Waals surface area contributed by atoms with Crippen LogP contribution in [0.25, 0.3) is 0 Å². The Hall–Kier alpha value is -0.160. The van der Waals surface area contributed by atoms with E-state index in [4.69, 9.17) is 0 Å². The summed E-state index contributed by atoms with van der Waals surface area (Å²) in [6.07, 6.45) is 5.10. The molecule has 0 saturated carbocycles. The van der Waals surface area contributed by atoms with E-state index in [1.165, 1.54) is 65.0 Å². The molecule has 0 N–H and O–H groups in total.